The summed E-state index contributed by atoms with van der Waals surface area (Å²) in [5, 5.41) is 7.42. The molecular formula is C2H7NO6S. The van der Waals surface area contributed by atoms with Crippen LogP contribution in [0.4, 0.5) is 0 Å². The molecular weight excluding hydrogens is 166 g/mol. The van der Waals surface area contributed by atoms with Gasteiger partial charge in [-0.25, -0.2) is 0 Å². The quantitative estimate of drug-likeness (QED) is 0.334. The van der Waals surface area contributed by atoms with Crippen LogP contribution in [0, 0.1) is 0 Å². The molecule has 4 N–H and O–H groups in total. The third-order valence-electron chi connectivity index (χ3n) is 0.122. The summed E-state index contributed by atoms with van der Waals surface area (Å²) in [4.78, 5) is 9.00. The lowest BCUT2D eigenvalue weighted by molar-refractivity contribution is -0.134. The maximum Gasteiger partial charge on any atom is 0.413 e. The summed E-state index contributed by atoms with van der Waals surface area (Å²) in [7, 11) is -4.38. The molecule has 0 unspecified atom stereocenters. The van der Waals surface area contributed by atoms with E-state index >= 15 is 0 Å². The van der Waals surface area contributed by atoms with Crippen molar-refractivity contribution in [3.8, 4) is 0 Å². The Morgan fingerprint density at radius 2 is 1.70 bits per heavy atom. The minimum atomic E-state index is -4.38. The van der Waals surface area contributed by atoms with Crippen molar-refractivity contribution < 1.29 is 27.2 Å². The molecule has 0 amide bonds. The molecule has 0 fully saturated rings. The summed E-state index contributed by atoms with van der Waals surface area (Å²) in [5.41, 5.74) is 0. The van der Waals surface area contributed by atoms with Crippen LogP contribution in [0.5, 0.6) is 0 Å². The molecule has 0 heterocycles. The van der Waals surface area contributed by atoms with Crippen molar-refractivity contribution >= 4 is 16.4 Å². The van der Waals surface area contributed by atoms with Crippen molar-refractivity contribution in [3.05, 3.63) is 0 Å². The zero-order valence-electron chi connectivity index (χ0n) is 5.01. The average Bonchev–Trinajstić information content (AvgIpc) is 1.63. The summed E-state index contributed by atoms with van der Waals surface area (Å²) in [6.07, 6.45) is 0. The highest BCUT2D eigenvalue weighted by molar-refractivity contribution is 7.80. The van der Waals surface area contributed by atoms with Crippen molar-refractivity contribution in [1.82, 2.24) is 0 Å². The van der Waals surface area contributed by atoms with Crippen LogP contribution in [-0.4, -0.2) is 24.0 Å². The number of hydrogen-bond acceptors (Lipinski definition) is 5. The zero-order valence-corrected chi connectivity index (χ0v) is 5.83. The van der Waals surface area contributed by atoms with Crippen LogP contribution in [-0.2, 0) is 19.5 Å². The second-order valence-corrected chi connectivity index (χ2v) is 2.09. The van der Waals surface area contributed by atoms with E-state index in [4.69, 9.17) is 14.5 Å². The molecule has 8 heteroatoms. The van der Waals surface area contributed by atoms with Gasteiger partial charge in [-0.3, -0.25) is 9.35 Å². The monoisotopic (exact) mass is 173 g/mol. The molecule has 62 valence electrons. The largest absolute Gasteiger partial charge is 0.481 e. The average molecular weight is 173 g/mol. The predicted octanol–water partition coefficient (Wildman–Crippen LogP) is -1.23. The van der Waals surface area contributed by atoms with Gasteiger partial charge in [0.15, 0.2) is 0 Å². The summed E-state index contributed by atoms with van der Waals surface area (Å²) < 4.78 is 28.8. The van der Waals surface area contributed by atoms with Gasteiger partial charge in [0.2, 0.25) is 0 Å². The Hall–Kier alpha value is -0.700. The van der Waals surface area contributed by atoms with Gasteiger partial charge < -0.3 is 5.11 Å². The number of nitrogens with two attached hydrogens (primary N) is 1. The van der Waals surface area contributed by atoms with Crippen molar-refractivity contribution in [2.45, 2.75) is 6.92 Å². The zero-order chi connectivity index (χ0) is 8.78. The molecule has 0 spiro atoms. The van der Waals surface area contributed by atoms with Crippen molar-refractivity contribution in [3.63, 3.8) is 0 Å². The Balaban J connectivity index is 0. The maximum absolute atomic E-state index is 9.21. The molecule has 0 aromatic heterocycles. The summed E-state index contributed by atoms with van der Waals surface area (Å²) in [6.45, 7) is 1.08. The molecule has 0 aromatic carbocycles. The fourth-order valence-electron chi connectivity index (χ4n) is 0. The van der Waals surface area contributed by atoms with E-state index in [2.05, 4.69) is 10.2 Å². The fraction of sp³-hybridized carbons (Fsp3) is 0.500. The van der Waals surface area contributed by atoms with Gasteiger partial charge in [-0.1, -0.05) is 0 Å². The van der Waals surface area contributed by atoms with Gasteiger partial charge in [-0.15, -0.1) is 0 Å². The molecule has 0 aliphatic rings. The normalized spacial score (nSPS) is 9.50. The molecule has 0 aliphatic carbocycles. The summed E-state index contributed by atoms with van der Waals surface area (Å²) in [5.74, 6) is 3.13. The minimum absolute atomic E-state index is 0.833. The van der Waals surface area contributed by atoms with Crippen molar-refractivity contribution in [2.24, 2.45) is 5.90 Å². The third kappa shape index (κ3) is 54.8. The second-order valence-electron chi connectivity index (χ2n) is 1.04. The Kier molecular flexibility index (Phi) is 6.15. The van der Waals surface area contributed by atoms with Gasteiger partial charge in [0.05, 0.1) is 0 Å². The minimum Gasteiger partial charge on any atom is -0.481 e. The van der Waals surface area contributed by atoms with Crippen LogP contribution in [0.2, 0.25) is 0 Å². The second kappa shape index (κ2) is 5.11. The van der Waals surface area contributed by atoms with Gasteiger partial charge in [0.25, 0.3) is 5.97 Å². The van der Waals surface area contributed by atoms with Crippen LogP contribution in [0.3, 0.4) is 0 Å². The molecule has 0 saturated carbocycles. The van der Waals surface area contributed by atoms with Gasteiger partial charge >= 0.3 is 10.4 Å². The molecule has 0 aromatic rings. The van der Waals surface area contributed by atoms with Crippen LogP contribution in [0.25, 0.3) is 0 Å². The van der Waals surface area contributed by atoms with Gasteiger partial charge in [0.1, 0.15) is 0 Å². The van der Waals surface area contributed by atoms with Crippen molar-refractivity contribution in [1.29, 1.82) is 0 Å². The fourth-order valence-corrected chi connectivity index (χ4v) is 0. The van der Waals surface area contributed by atoms with Crippen LogP contribution in [0.15, 0.2) is 0 Å². The molecule has 0 radical (unpaired) electrons. The highest BCUT2D eigenvalue weighted by atomic mass is 32.3. The maximum atomic E-state index is 9.21. The van der Waals surface area contributed by atoms with E-state index in [9.17, 15) is 8.42 Å². The van der Waals surface area contributed by atoms with E-state index < -0.39 is 16.4 Å². The Morgan fingerprint density at radius 3 is 1.70 bits per heavy atom. The highest BCUT2D eigenvalue weighted by Crippen LogP contribution is 1.70. The van der Waals surface area contributed by atoms with E-state index in [-0.39, 0.29) is 0 Å². The first-order valence-electron chi connectivity index (χ1n) is 1.85. The Morgan fingerprint density at radius 1 is 1.60 bits per heavy atom. The number of carboxylic acid groups (broad SMARTS) is 1. The first-order valence-corrected chi connectivity index (χ1v) is 3.21. The van der Waals surface area contributed by atoms with E-state index in [1.54, 1.807) is 0 Å². The van der Waals surface area contributed by atoms with E-state index in [0.29, 0.717) is 0 Å². The molecule has 0 atom stereocenters. The van der Waals surface area contributed by atoms with Crippen molar-refractivity contribution in [2.75, 3.05) is 0 Å². The molecule has 0 aliphatic heterocycles. The molecule has 0 bridgehead atoms. The van der Waals surface area contributed by atoms with Gasteiger partial charge in [-0.05, 0) is 0 Å². The topological polar surface area (TPSA) is 127 Å². The lowest BCUT2D eigenvalue weighted by atomic mass is 10.9. The third-order valence-corrected chi connectivity index (χ3v) is 0.365. The van der Waals surface area contributed by atoms with E-state index in [0.717, 1.165) is 6.92 Å². The molecule has 7 nitrogen and oxygen atoms in total. The number of carbonyl (C=O) groups is 1. The lowest BCUT2D eigenvalue weighted by Crippen LogP contribution is -2.08. The predicted molar refractivity (Wildman–Crippen MR) is 30.1 cm³/mol. The van der Waals surface area contributed by atoms with E-state index in [1.165, 1.54) is 0 Å². The SMILES string of the molecule is CC(=O)O.NOS(=O)(=O)O. The smallest absolute Gasteiger partial charge is 0.413 e. The Bertz CT molecular complexity index is 178. The van der Waals surface area contributed by atoms with Crippen LogP contribution >= 0.6 is 0 Å². The molecule has 0 rings (SSSR count). The first kappa shape index (κ1) is 12.0. The van der Waals surface area contributed by atoms with Gasteiger partial charge in [0, 0.05) is 6.92 Å². The summed E-state index contributed by atoms with van der Waals surface area (Å²) in [6, 6.07) is 0. The molecule has 10 heavy (non-hydrogen) atoms. The standard InChI is InChI=1S/C2H4O2.H3NO4S/c1-2(3)4;1-5-6(2,3)4/h1H3,(H,3,4);1H2,(H,2,3,4). The van der Waals surface area contributed by atoms with Crippen LogP contribution < -0.4 is 5.90 Å². The number of carboxylic acids is 1. The number of aliphatic carboxylic acids is 1. The number of hydrogen-bond donors (Lipinski definition) is 3. The first-order chi connectivity index (χ1) is 4.29. The Labute approximate surface area is 57.3 Å². The highest BCUT2D eigenvalue weighted by Gasteiger charge is 1.95. The molecule has 0 saturated heterocycles. The van der Waals surface area contributed by atoms with Gasteiger partial charge in [-0.2, -0.15) is 18.6 Å². The van der Waals surface area contributed by atoms with Crippen LogP contribution in [0.1, 0.15) is 6.92 Å². The lowest BCUT2D eigenvalue weighted by Gasteiger charge is -1.81. The van der Waals surface area contributed by atoms with E-state index in [1.807, 2.05) is 0 Å². The number of rotatable bonds is 1. The summed E-state index contributed by atoms with van der Waals surface area (Å²) >= 11 is 0.